The van der Waals surface area contributed by atoms with Gasteiger partial charge in [-0.1, -0.05) is 0 Å². The Bertz CT molecular complexity index is 425. The predicted molar refractivity (Wildman–Crippen MR) is 82.8 cm³/mol. The Morgan fingerprint density at radius 2 is 2.20 bits per heavy atom. The minimum atomic E-state index is 0.158. The van der Waals surface area contributed by atoms with Crippen LogP contribution >= 0.6 is 11.8 Å². The number of amides is 1. The molecule has 0 aromatic carbocycles. The van der Waals surface area contributed by atoms with Crippen LogP contribution in [0, 0.1) is 12.8 Å². The average molecular weight is 296 g/mol. The van der Waals surface area contributed by atoms with E-state index in [9.17, 15) is 4.79 Å². The molecule has 0 bridgehead atoms. The van der Waals surface area contributed by atoms with Gasteiger partial charge < -0.3 is 9.73 Å². The van der Waals surface area contributed by atoms with Gasteiger partial charge in [0.25, 0.3) is 0 Å². The lowest BCUT2D eigenvalue weighted by molar-refractivity contribution is -0.118. The van der Waals surface area contributed by atoms with Crippen molar-refractivity contribution in [2.45, 2.75) is 26.3 Å². The lowest BCUT2D eigenvalue weighted by atomic mass is 9.97. The minimum Gasteiger partial charge on any atom is -0.465 e. The van der Waals surface area contributed by atoms with Gasteiger partial charge in [-0.2, -0.15) is 11.8 Å². The van der Waals surface area contributed by atoms with Crippen LogP contribution in [0.15, 0.2) is 16.5 Å². The van der Waals surface area contributed by atoms with E-state index in [-0.39, 0.29) is 5.91 Å². The Morgan fingerprint density at radius 3 is 2.80 bits per heavy atom. The molecular formula is C15H24N2O2S. The number of furan rings is 1. The number of carbonyl (C=O) groups is 1. The molecule has 1 aliphatic rings. The number of nitrogens with one attached hydrogen (secondary N) is 1. The third kappa shape index (κ3) is 4.87. The van der Waals surface area contributed by atoms with Crippen LogP contribution in [0.4, 0.5) is 0 Å². The Balaban J connectivity index is 1.66. The maximum atomic E-state index is 11.4. The van der Waals surface area contributed by atoms with Gasteiger partial charge in [0.1, 0.15) is 11.5 Å². The lowest BCUT2D eigenvalue weighted by Crippen LogP contribution is -2.38. The van der Waals surface area contributed by atoms with Crippen molar-refractivity contribution in [3.63, 3.8) is 0 Å². The first kappa shape index (κ1) is 15.4. The Hall–Kier alpha value is -0.940. The molecule has 1 aliphatic heterocycles. The fourth-order valence-electron chi connectivity index (χ4n) is 2.58. The summed E-state index contributed by atoms with van der Waals surface area (Å²) in [7, 11) is 0. The summed E-state index contributed by atoms with van der Waals surface area (Å²) in [5.41, 5.74) is 0. The quantitative estimate of drug-likeness (QED) is 0.875. The maximum absolute atomic E-state index is 11.4. The summed E-state index contributed by atoms with van der Waals surface area (Å²) < 4.78 is 5.62. The van der Waals surface area contributed by atoms with Gasteiger partial charge in [0, 0.05) is 6.54 Å². The lowest BCUT2D eigenvalue weighted by Gasteiger charge is -2.31. The van der Waals surface area contributed by atoms with Crippen LogP contribution in [0.3, 0.4) is 0 Å². The maximum Gasteiger partial charge on any atom is 0.229 e. The first-order chi connectivity index (χ1) is 9.67. The monoisotopic (exact) mass is 296 g/mol. The second kappa shape index (κ2) is 7.74. The number of nitrogens with zero attached hydrogens (tertiary/aromatic N) is 1. The largest absolute Gasteiger partial charge is 0.465 e. The summed E-state index contributed by atoms with van der Waals surface area (Å²) in [5, 5.41) is 3.02. The van der Waals surface area contributed by atoms with Crippen molar-refractivity contribution in [3.8, 4) is 0 Å². The summed E-state index contributed by atoms with van der Waals surface area (Å²) in [6, 6.07) is 4.08. The molecule has 0 saturated carbocycles. The summed E-state index contributed by atoms with van der Waals surface area (Å²) >= 11 is 1.57. The standard InChI is InChI=1S/C15H24N2O2S/c1-12-3-4-14(19-12)10-17-7-5-13(6-8-17)9-16-15(18)11-20-2/h3-4,13H,5-11H2,1-2H3,(H,16,18). The van der Waals surface area contributed by atoms with Gasteiger partial charge in [-0.25, -0.2) is 0 Å². The zero-order valence-corrected chi connectivity index (χ0v) is 13.2. The second-order valence-corrected chi connectivity index (χ2v) is 6.33. The highest BCUT2D eigenvalue weighted by Gasteiger charge is 2.20. The number of carbonyl (C=O) groups excluding carboxylic acids is 1. The number of likely N-dealkylation sites (tertiary alicyclic amines) is 1. The molecule has 0 aliphatic carbocycles. The smallest absolute Gasteiger partial charge is 0.229 e. The molecule has 1 aromatic rings. The van der Waals surface area contributed by atoms with E-state index in [4.69, 9.17) is 4.42 Å². The second-order valence-electron chi connectivity index (χ2n) is 5.47. The number of aryl methyl sites for hydroxylation is 1. The van der Waals surface area contributed by atoms with Crippen LogP contribution in [-0.4, -0.2) is 42.4 Å². The van der Waals surface area contributed by atoms with E-state index in [1.165, 1.54) is 0 Å². The molecule has 0 radical (unpaired) electrons. The molecule has 112 valence electrons. The van der Waals surface area contributed by atoms with Crippen molar-refractivity contribution >= 4 is 17.7 Å². The van der Waals surface area contributed by atoms with Crippen molar-refractivity contribution in [1.82, 2.24) is 10.2 Å². The number of rotatable bonds is 6. The molecule has 20 heavy (non-hydrogen) atoms. The van der Waals surface area contributed by atoms with E-state index >= 15 is 0 Å². The molecule has 2 heterocycles. The molecule has 0 atom stereocenters. The summed E-state index contributed by atoms with van der Waals surface area (Å²) in [4.78, 5) is 13.9. The fourth-order valence-corrected chi connectivity index (χ4v) is 2.94. The minimum absolute atomic E-state index is 0.158. The van der Waals surface area contributed by atoms with E-state index in [1.54, 1.807) is 11.8 Å². The van der Waals surface area contributed by atoms with Gasteiger partial charge in [-0.15, -0.1) is 0 Å². The highest BCUT2D eigenvalue weighted by molar-refractivity contribution is 7.99. The van der Waals surface area contributed by atoms with Crippen molar-refractivity contribution in [1.29, 1.82) is 0 Å². The topological polar surface area (TPSA) is 45.5 Å². The normalized spacial score (nSPS) is 17.3. The van der Waals surface area contributed by atoms with Crippen molar-refractivity contribution in [2.24, 2.45) is 5.92 Å². The van der Waals surface area contributed by atoms with E-state index < -0.39 is 0 Å². The van der Waals surface area contributed by atoms with Crippen molar-refractivity contribution < 1.29 is 9.21 Å². The van der Waals surface area contributed by atoms with Crippen LogP contribution < -0.4 is 5.32 Å². The van der Waals surface area contributed by atoms with Gasteiger partial charge in [0.15, 0.2) is 0 Å². The molecule has 4 nitrogen and oxygen atoms in total. The molecule has 1 fully saturated rings. The highest BCUT2D eigenvalue weighted by Crippen LogP contribution is 2.19. The van der Waals surface area contributed by atoms with Gasteiger partial charge in [-0.3, -0.25) is 9.69 Å². The van der Waals surface area contributed by atoms with E-state index in [1.807, 2.05) is 19.2 Å². The molecule has 0 spiro atoms. The van der Waals surface area contributed by atoms with Crippen LogP contribution in [0.5, 0.6) is 0 Å². The van der Waals surface area contributed by atoms with Gasteiger partial charge in [-0.05, 0) is 57.2 Å². The van der Waals surface area contributed by atoms with Crippen LogP contribution in [0.25, 0.3) is 0 Å². The van der Waals surface area contributed by atoms with Crippen molar-refractivity contribution in [3.05, 3.63) is 23.7 Å². The summed E-state index contributed by atoms with van der Waals surface area (Å²) in [5.74, 6) is 3.37. The average Bonchev–Trinajstić information content (AvgIpc) is 2.84. The summed E-state index contributed by atoms with van der Waals surface area (Å²) in [6.07, 6.45) is 4.26. The molecule has 1 amide bonds. The Morgan fingerprint density at radius 1 is 1.45 bits per heavy atom. The number of hydrogen-bond acceptors (Lipinski definition) is 4. The third-order valence-corrected chi connectivity index (χ3v) is 4.30. The Labute approximate surface area is 125 Å². The highest BCUT2D eigenvalue weighted by atomic mass is 32.2. The first-order valence-electron chi connectivity index (χ1n) is 7.20. The molecule has 1 aromatic heterocycles. The zero-order valence-electron chi connectivity index (χ0n) is 12.4. The third-order valence-electron chi connectivity index (χ3n) is 3.75. The van der Waals surface area contributed by atoms with Crippen LogP contribution in [0.1, 0.15) is 24.4 Å². The van der Waals surface area contributed by atoms with Gasteiger partial charge in [0.05, 0.1) is 12.3 Å². The van der Waals surface area contributed by atoms with Crippen LogP contribution in [0.2, 0.25) is 0 Å². The zero-order chi connectivity index (χ0) is 14.4. The molecule has 2 rings (SSSR count). The van der Waals surface area contributed by atoms with E-state index in [2.05, 4.69) is 16.3 Å². The van der Waals surface area contributed by atoms with Gasteiger partial charge in [0.2, 0.25) is 5.91 Å². The fraction of sp³-hybridized carbons (Fsp3) is 0.667. The van der Waals surface area contributed by atoms with Gasteiger partial charge >= 0.3 is 0 Å². The SMILES string of the molecule is CSCC(=O)NCC1CCN(Cc2ccc(C)o2)CC1. The molecule has 0 unspecified atom stereocenters. The molecule has 5 heteroatoms. The molecular weight excluding hydrogens is 272 g/mol. The predicted octanol–water partition coefficient (Wildman–Crippen LogP) is 2.28. The molecule has 1 N–H and O–H groups in total. The Kier molecular flexibility index (Phi) is 5.98. The number of thioether (sulfide) groups is 1. The van der Waals surface area contributed by atoms with Crippen LogP contribution in [-0.2, 0) is 11.3 Å². The van der Waals surface area contributed by atoms with E-state index in [0.29, 0.717) is 11.7 Å². The number of piperidine rings is 1. The summed E-state index contributed by atoms with van der Waals surface area (Å²) in [6.45, 7) is 5.88. The molecule has 1 saturated heterocycles. The van der Waals surface area contributed by atoms with Crippen molar-refractivity contribution in [2.75, 3.05) is 31.6 Å². The van der Waals surface area contributed by atoms with E-state index in [0.717, 1.165) is 50.5 Å². The first-order valence-corrected chi connectivity index (χ1v) is 8.60. The number of hydrogen-bond donors (Lipinski definition) is 1.